The number of fused-ring (bicyclic) bond motifs is 1. The number of piperidine rings is 1. The van der Waals surface area contributed by atoms with E-state index in [4.69, 9.17) is 10.5 Å². The molecule has 1 amide bonds. The summed E-state index contributed by atoms with van der Waals surface area (Å²) >= 11 is 0. The second-order valence-electron chi connectivity index (χ2n) is 7.17. The van der Waals surface area contributed by atoms with Crippen molar-refractivity contribution in [1.82, 2.24) is 9.88 Å². The van der Waals surface area contributed by atoms with Crippen molar-refractivity contribution in [2.24, 2.45) is 11.7 Å². The van der Waals surface area contributed by atoms with E-state index in [1.807, 2.05) is 11.0 Å². The van der Waals surface area contributed by atoms with E-state index in [1.54, 1.807) is 7.11 Å². The number of aromatic amines is 1. The van der Waals surface area contributed by atoms with Gasteiger partial charge < -0.3 is 20.4 Å². The van der Waals surface area contributed by atoms with Crippen LogP contribution in [0.3, 0.4) is 0 Å². The summed E-state index contributed by atoms with van der Waals surface area (Å²) < 4.78 is 5.36. The Labute approximate surface area is 149 Å². The molecule has 0 spiro atoms. The first-order valence-corrected chi connectivity index (χ1v) is 9.24. The summed E-state index contributed by atoms with van der Waals surface area (Å²) in [6.45, 7) is 5.69. The fourth-order valence-electron chi connectivity index (χ4n) is 3.71. The number of rotatable bonds is 5. The molecule has 0 aliphatic carbocycles. The molecule has 0 radical (unpaired) electrons. The van der Waals surface area contributed by atoms with Gasteiger partial charge in [0, 0.05) is 30.2 Å². The third-order valence-corrected chi connectivity index (χ3v) is 5.71. The molecular weight excluding hydrogens is 314 g/mol. The topological polar surface area (TPSA) is 71.4 Å². The number of ether oxygens (including phenoxy) is 1. The second kappa shape index (κ2) is 7.48. The number of aromatic nitrogens is 1. The van der Waals surface area contributed by atoms with Crippen molar-refractivity contribution >= 4 is 16.8 Å². The van der Waals surface area contributed by atoms with E-state index in [0.29, 0.717) is 5.92 Å². The highest BCUT2D eigenvalue weighted by molar-refractivity contribution is 5.85. The summed E-state index contributed by atoms with van der Waals surface area (Å²) in [6, 6.07) is 5.75. The molecule has 1 aromatic carbocycles. The Bertz CT molecular complexity index is 732. The first-order valence-electron chi connectivity index (χ1n) is 9.24. The highest BCUT2D eigenvalue weighted by Gasteiger charge is 2.29. The Balaban J connectivity index is 1.69. The molecular formula is C20H29N3O2. The molecule has 25 heavy (non-hydrogen) atoms. The Hall–Kier alpha value is -2.01. The zero-order valence-corrected chi connectivity index (χ0v) is 15.4. The van der Waals surface area contributed by atoms with E-state index in [1.165, 1.54) is 10.9 Å². The molecule has 2 aromatic rings. The van der Waals surface area contributed by atoms with Crippen LogP contribution in [0.5, 0.6) is 5.75 Å². The Morgan fingerprint density at radius 1 is 1.40 bits per heavy atom. The van der Waals surface area contributed by atoms with Crippen LogP contribution >= 0.6 is 0 Å². The van der Waals surface area contributed by atoms with Gasteiger partial charge in [-0.2, -0.15) is 0 Å². The van der Waals surface area contributed by atoms with Gasteiger partial charge in [-0.15, -0.1) is 0 Å². The number of likely N-dealkylation sites (tertiary alicyclic amines) is 1. The van der Waals surface area contributed by atoms with E-state index < -0.39 is 0 Å². The van der Waals surface area contributed by atoms with Gasteiger partial charge in [0.25, 0.3) is 0 Å². The Morgan fingerprint density at radius 3 is 2.76 bits per heavy atom. The SMILES string of the molecule is CCC(C)C(N)C(=O)N1CCC(c2c[nH]c3ccc(OC)cc23)CC1. The van der Waals surface area contributed by atoms with Crippen LogP contribution in [0.1, 0.15) is 44.6 Å². The van der Waals surface area contributed by atoms with Gasteiger partial charge in [-0.05, 0) is 48.4 Å². The lowest BCUT2D eigenvalue weighted by Crippen LogP contribution is -2.49. The highest BCUT2D eigenvalue weighted by Crippen LogP contribution is 2.34. The fraction of sp³-hybridized carbons (Fsp3) is 0.550. The quantitative estimate of drug-likeness (QED) is 0.875. The predicted molar refractivity (Wildman–Crippen MR) is 101 cm³/mol. The molecule has 2 heterocycles. The summed E-state index contributed by atoms with van der Waals surface area (Å²) in [5, 5.41) is 1.22. The molecule has 0 bridgehead atoms. The van der Waals surface area contributed by atoms with E-state index >= 15 is 0 Å². The lowest BCUT2D eigenvalue weighted by atomic mass is 9.88. The average Bonchev–Trinajstić information content (AvgIpc) is 3.09. The summed E-state index contributed by atoms with van der Waals surface area (Å²) in [4.78, 5) is 17.9. The van der Waals surface area contributed by atoms with Gasteiger partial charge in [-0.25, -0.2) is 0 Å². The number of nitrogens with one attached hydrogen (secondary N) is 1. The number of H-pyrrole nitrogens is 1. The molecule has 1 aromatic heterocycles. The molecule has 2 unspecified atom stereocenters. The molecule has 0 saturated carbocycles. The highest BCUT2D eigenvalue weighted by atomic mass is 16.5. The van der Waals surface area contributed by atoms with Crippen molar-refractivity contribution in [1.29, 1.82) is 0 Å². The number of amides is 1. The van der Waals surface area contributed by atoms with Gasteiger partial charge >= 0.3 is 0 Å². The van der Waals surface area contributed by atoms with Gasteiger partial charge in [0.05, 0.1) is 13.2 Å². The maximum atomic E-state index is 12.6. The minimum atomic E-state index is -0.376. The molecule has 3 N–H and O–H groups in total. The largest absolute Gasteiger partial charge is 0.497 e. The fourth-order valence-corrected chi connectivity index (χ4v) is 3.71. The van der Waals surface area contributed by atoms with E-state index in [9.17, 15) is 4.79 Å². The molecule has 2 atom stereocenters. The Kier molecular flexibility index (Phi) is 5.33. The lowest BCUT2D eigenvalue weighted by Gasteiger charge is -2.34. The first kappa shape index (κ1) is 17.8. The monoisotopic (exact) mass is 343 g/mol. The molecule has 5 nitrogen and oxygen atoms in total. The predicted octanol–water partition coefficient (Wildman–Crippen LogP) is 3.26. The molecule has 3 rings (SSSR count). The number of carbonyl (C=O) groups is 1. The van der Waals surface area contributed by atoms with Crippen LogP contribution in [0.25, 0.3) is 10.9 Å². The molecule has 136 valence electrons. The second-order valence-corrected chi connectivity index (χ2v) is 7.17. The number of nitrogens with two attached hydrogens (primary N) is 1. The maximum absolute atomic E-state index is 12.6. The normalized spacial score (nSPS) is 18.3. The van der Waals surface area contributed by atoms with Crippen molar-refractivity contribution < 1.29 is 9.53 Å². The van der Waals surface area contributed by atoms with E-state index in [-0.39, 0.29) is 17.9 Å². The maximum Gasteiger partial charge on any atom is 0.239 e. The number of hydrogen-bond donors (Lipinski definition) is 2. The van der Waals surface area contributed by atoms with Crippen LogP contribution in [-0.2, 0) is 4.79 Å². The van der Waals surface area contributed by atoms with Gasteiger partial charge in [-0.1, -0.05) is 20.3 Å². The molecule has 1 saturated heterocycles. The zero-order chi connectivity index (χ0) is 18.0. The van der Waals surface area contributed by atoms with Gasteiger partial charge in [0.15, 0.2) is 0 Å². The number of benzene rings is 1. The van der Waals surface area contributed by atoms with Gasteiger partial charge in [0.1, 0.15) is 5.75 Å². The molecule has 1 fully saturated rings. The van der Waals surface area contributed by atoms with Crippen LogP contribution in [0, 0.1) is 5.92 Å². The average molecular weight is 343 g/mol. The molecule has 1 aliphatic rings. The number of methoxy groups -OCH3 is 1. The first-order chi connectivity index (χ1) is 12.0. The van der Waals surface area contributed by atoms with Gasteiger partial charge in [-0.3, -0.25) is 4.79 Å². The third-order valence-electron chi connectivity index (χ3n) is 5.71. The molecule has 5 heteroatoms. The minimum absolute atomic E-state index is 0.105. The molecule has 1 aliphatic heterocycles. The van der Waals surface area contributed by atoms with E-state index in [0.717, 1.165) is 43.6 Å². The number of nitrogens with zero attached hydrogens (tertiary/aromatic N) is 1. The third kappa shape index (κ3) is 3.52. The summed E-state index contributed by atoms with van der Waals surface area (Å²) in [5.41, 5.74) is 8.59. The van der Waals surface area contributed by atoms with Crippen LogP contribution in [0.15, 0.2) is 24.4 Å². The van der Waals surface area contributed by atoms with Crippen LogP contribution in [-0.4, -0.2) is 42.0 Å². The Morgan fingerprint density at radius 2 is 2.12 bits per heavy atom. The summed E-state index contributed by atoms with van der Waals surface area (Å²) in [7, 11) is 1.69. The van der Waals surface area contributed by atoms with Crippen molar-refractivity contribution in [3.63, 3.8) is 0 Å². The van der Waals surface area contributed by atoms with Crippen molar-refractivity contribution in [2.75, 3.05) is 20.2 Å². The van der Waals surface area contributed by atoms with Crippen molar-refractivity contribution in [2.45, 2.75) is 45.1 Å². The number of carbonyl (C=O) groups excluding carboxylic acids is 1. The van der Waals surface area contributed by atoms with Crippen LogP contribution in [0.4, 0.5) is 0 Å². The smallest absolute Gasteiger partial charge is 0.239 e. The number of hydrogen-bond acceptors (Lipinski definition) is 3. The van der Waals surface area contributed by atoms with Crippen molar-refractivity contribution in [3.05, 3.63) is 30.0 Å². The zero-order valence-electron chi connectivity index (χ0n) is 15.4. The van der Waals surface area contributed by atoms with Crippen LogP contribution < -0.4 is 10.5 Å². The minimum Gasteiger partial charge on any atom is -0.497 e. The van der Waals surface area contributed by atoms with Gasteiger partial charge in [0.2, 0.25) is 5.91 Å². The van der Waals surface area contributed by atoms with Crippen LogP contribution in [0.2, 0.25) is 0 Å². The van der Waals surface area contributed by atoms with E-state index in [2.05, 4.69) is 37.2 Å². The summed E-state index contributed by atoms with van der Waals surface area (Å²) in [5.74, 6) is 1.67. The summed E-state index contributed by atoms with van der Waals surface area (Å²) in [6.07, 6.45) is 4.99. The lowest BCUT2D eigenvalue weighted by molar-refractivity contribution is -0.134. The van der Waals surface area contributed by atoms with Crippen molar-refractivity contribution in [3.8, 4) is 5.75 Å². The standard InChI is InChI=1S/C20H29N3O2/c1-4-13(2)19(21)20(24)23-9-7-14(8-10-23)17-12-22-18-6-5-15(25-3)11-16(17)18/h5-6,11-14,19,22H,4,7-10,21H2,1-3H3.